The van der Waals surface area contributed by atoms with Crippen LogP contribution in [-0.4, -0.2) is 6.29 Å². The summed E-state index contributed by atoms with van der Waals surface area (Å²) >= 11 is 0. The van der Waals surface area contributed by atoms with Crippen LogP contribution in [0.25, 0.3) is 0 Å². The lowest BCUT2D eigenvalue weighted by Crippen LogP contribution is -2.12. The molecule has 0 aliphatic heterocycles. The van der Waals surface area contributed by atoms with Crippen molar-refractivity contribution in [3.63, 3.8) is 0 Å². The molecule has 0 aromatic rings. The van der Waals surface area contributed by atoms with Gasteiger partial charge in [-0.3, -0.25) is 0 Å². The lowest BCUT2D eigenvalue weighted by atomic mass is 9.82. The van der Waals surface area contributed by atoms with Crippen molar-refractivity contribution in [3.05, 3.63) is 0 Å². The third-order valence-electron chi connectivity index (χ3n) is 3.64. The Morgan fingerprint density at radius 3 is 1.94 bits per heavy atom. The zero-order chi connectivity index (χ0) is 12.2. The average molecular weight is 226 g/mol. The smallest absolute Gasteiger partial charge is 0.119 e. The Kier molecular flexibility index (Phi) is 10.9. The Bertz CT molecular complexity index is 146. The molecule has 96 valence electrons. The van der Waals surface area contributed by atoms with E-state index in [4.69, 9.17) is 0 Å². The fraction of sp³-hybridized carbons (Fsp3) is 0.933. The number of unbranched alkanes of at least 4 members (excludes halogenated alkanes) is 3. The van der Waals surface area contributed by atoms with E-state index in [1.54, 1.807) is 0 Å². The maximum Gasteiger partial charge on any atom is 0.119 e. The van der Waals surface area contributed by atoms with E-state index in [0.717, 1.165) is 31.0 Å². The molecule has 1 heteroatoms. The Hall–Kier alpha value is -0.330. The molecule has 0 radical (unpaired) electrons. The summed E-state index contributed by atoms with van der Waals surface area (Å²) in [4.78, 5) is 10.3. The van der Waals surface area contributed by atoms with Crippen LogP contribution in [0.5, 0.6) is 0 Å². The largest absolute Gasteiger partial charge is 0.303 e. The van der Waals surface area contributed by atoms with Crippen molar-refractivity contribution in [3.8, 4) is 0 Å². The molecule has 0 aliphatic rings. The van der Waals surface area contributed by atoms with Gasteiger partial charge in [-0.05, 0) is 18.3 Å². The number of hydrogen-bond acceptors (Lipinski definition) is 1. The van der Waals surface area contributed by atoms with E-state index >= 15 is 0 Å². The second kappa shape index (κ2) is 11.2. The molecule has 16 heavy (non-hydrogen) atoms. The molecule has 0 aromatic carbocycles. The van der Waals surface area contributed by atoms with Crippen molar-refractivity contribution in [1.82, 2.24) is 0 Å². The Morgan fingerprint density at radius 2 is 1.50 bits per heavy atom. The number of aldehydes is 1. The molecular weight excluding hydrogens is 196 g/mol. The topological polar surface area (TPSA) is 17.1 Å². The molecule has 0 N–H and O–H groups in total. The zero-order valence-electron chi connectivity index (χ0n) is 11.5. The number of rotatable bonds is 11. The van der Waals surface area contributed by atoms with Gasteiger partial charge in [0.25, 0.3) is 0 Å². The van der Waals surface area contributed by atoms with Gasteiger partial charge in [-0.2, -0.15) is 0 Å². The standard InChI is InChI=1S/C15H30O/c1-4-6-11-15(12-7-5-2)14(3)10-8-9-13-16/h13-15H,4-12H2,1-3H3. The third-order valence-corrected chi connectivity index (χ3v) is 3.64. The van der Waals surface area contributed by atoms with Gasteiger partial charge in [0, 0.05) is 6.42 Å². The van der Waals surface area contributed by atoms with Gasteiger partial charge < -0.3 is 4.79 Å². The van der Waals surface area contributed by atoms with Crippen LogP contribution in [-0.2, 0) is 4.79 Å². The molecule has 1 atom stereocenters. The first kappa shape index (κ1) is 15.7. The predicted molar refractivity (Wildman–Crippen MR) is 71.6 cm³/mol. The first-order valence-corrected chi connectivity index (χ1v) is 7.19. The van der Waals surface area contributed by atoms with E-state index in [1.807, 2.05) is 0 Å². The zero-order valence-corrected chi connectivity index (χ0v) is 11.5. The minimum atomic E-state index is 0.749. The van der Waals surface area contributed by atoms with Crippen LogP contribution in [0.15, 0.2) is 0 Å². The highest BCUT2D eigenvalue weighted by Gasteiger charge is 2.15. The first-order chi connectivity index (χ1) is 7.76. The highest BCUT2D eigenvalue weighted by atomic mass is 16.1. The van der Waals surface area contributed by atoms with Crippen molar-refractivity contribution < 1.29 is 4.79 Å². The second-order valence-electron chi connectivity index (χ2n) is 5.12. The van der Waals surface area contributed by atoms with Crippen molar-refractivity contribution in [2.24, 2.45) is 11.8 Å². The van der Waals surface area contributed by atoms with E-state index in [-0.39, 0.29) is 0 Å². The fourth-order valence-corrected chi connectivity index (χ4v) is 2.40. The molecule has 0 saturated heterocycles. The number of carbonyl (C=O) groups excluding carboxylic acids is 1. The van der Waals surface area contributed by atoms with Crippen LogP contribution in [0.4, 0.5) is 0 Å². The first-order valence-electron chi connectivity index (χ1n) is 7.19. The lowest BCUT2D eigenvalue weighted by molar-refractivity contribution is -0.108. The van der Waals surface area contributed by atoms with Crippen LogP contribution in [0.2, 0.25) is 0 Å². The normalized spacial score (nSPS) is 13.0. The summed E-state index contributed by atoms with van der Waals surface area (Å²) in [5.74, 6) is 1.70. The summed E-state index contributed by atoms with van der Waals surface area (Å²) in [6.07, 6.45) is 12.2. The van der Waals surface area contributed by atoms with E-state index in [1.165, 1.54) is 44.9 Å². The Labute approximate surface area is 102 Å². The Morgan fingerprint density at radius 1 is 0.938 bits per heavy atom. The van der Waals surface area contributed by atoms with Crippen LogP contribution in [0.1, 0.15) is 78.6 Å². The van der Waals surface area contributed by atoms with Gasteiger partial charge >= 0.3 is 0 Å². The van der Waals surface area contributed by atoms with Crippen LogP contribution in [0, 0.1) is 11.8 Å². The average Bonchev–Trinajstić information content (AvgIpc) is 2.29. The molecule has 0 aromatic heterocycles. The maximum atomic E-state index is 10.3. The lowest BCUT2D eigenvalue weighted by Gasteiger charge is -2.23. The van der Waals surface area contributed by atoms with E-state index in [0.29, 0.717) is 0 Å². The molecule has 0 saturated carbocycles. The van der Waals surface area contributed by atoms with Crippen LogP contribution >= 0.6 is 0 Å². The molecule has 0 spiro atoms. The summed E-state index contributed by atoms with van der Waals surface area (Å²) in [6, 6.07) is 0. The monoisotopic (exact) mass is 226 g/mol. The molecule has 0 heterocycles. The van der Waals surface area contributed by atoms with E-state index < -0.39 is 0 Å². The van der Waals surface area contributed by atoms with Crippen LogP contribution in [0.3, 0.4) is 0 Å². The second-order valence-corrected chi connectivity index (χ2v) is 5.12. The third kappa shape index (κ3) is 7.90. The molecule has 0 amide bonds. The van der Waals surface area contributed by atoms with Gasteiger partial charge in [0.05, 0.1) is 0 Å². The van der Waals surface area contributed by atoms with Gasteiger partial charge in [-0.15, -0.1) is 0 Å². The molecular formula is C15H30O. The van der Waals surface area contributed by atoms with Gasteiger partial charge in [-0.1, -0.05) is 65.7 Å². The van der Waals surface area contributed by atoms with Crippen molar-refractivity contribution in [1.29, 1.82) is 0 Å². The van der Waals surface area contributed by atoms with Gasteiger partial charge in [0.1, 0.15) is 6.29 Å². The SMILES string of the molecule is CCCCC(CCCC)C(C)CCCC=O. The molecule has 0 fully saturated rings. The Balaban J connectivity index is 3.87. The number of hydrogen-bond donors (Lipinski definition) is 0. The summed E-state index contributed by atoms with van der Waals surface area (Å²) in [5, 5.41) is 0. The minimum absolute atomic E-state index is 0.749. The summed E-state index contributed by atoms with van der Waals surface area (Å²) in [5.41, 5.74) is 0. The summed E-state index contributed by atoms with van der Waals surface area (Å²) in [7, 11) is 0. The van der Waals surface area contributed by atoms with Gasteiger partial charge in [0.2, 0.25) is 0 Å². The van der Waals surface area contributed by atoms with E-state index in [2.05, 4.69) is 20.8 Å². The molecule has 1 nitrogen and oxygen atoms in total. The molecule has 0 aliphatic carbocycles. The van der Waals surface area contributed by atoms with Gasteiger partial charge in [-0.25, -0.2) is 0 Å². The fourth-order valence-electron chi connectivity index (χ4n) is 2.40. The van der Waals surface area contributed by atoms with E-state index in [9.17, 15) is 4.79 Å². The molecule has 0 rings (SSSR count). The molecule has 1 unspecified atom stereocenters. The summed E-state index contributed by atoms with van der Waals surface area (Å²) in [6.45, 7) is 6.92. The van der Waals surface area contributed by atoms with Crippen molar-refractivity contribution in [2.45, 2.75) is 78.6 Å². The minimum Gasteiger partial charge on any atom is -0.303 e. The maximum absolute atomic E-state index is 10.3. The predicted octanol–water partition coefficient (Wildman–Crippen LogP) is 4.99. The highest BCUT2D eigenvalue weighted by Crippen LogP contribution is 2.27. The van der Waals surface area contributed by atoms with Crippen molar-refractivity contribution in [2.75, 3.05) is 0 Å². The highest BCUT2D eigenvalue weighted by molar-refractivity contribution is 5.48. The molecule has 0 bridgehead atoms. The van der Waals surface area contributed by atoms with Gasteiger partial charge in [0.15, 0.2) is 0 Å². The summed E-state index contributed by atoms with van der Waals surface area (Å²) < 4.78 is 0. The number of carbonyl (C=O) groups is 1. The van der Waals surface area contributed by atoms with Crippen LogP contribution < -0.4 is 0 Å². The quantitative estimate of drug-likeness (QED) is 0.358. The van der Waals surface area contributed by atoms with Crippen molar-refractivity contribution >= 4 is 6.29 Å².